The van der Waals surface area contributed by atoms with Gasteiger partial charge in [-0.05, 0) is 34.0 Å². The molecule has 3 heterocycles. The predicted octanol–water partition coefficient (Wildman–Crippen LogP) is 2.09. The minimum Gasteiger partial charge on any atom is -0.476 e. The molecule has 2 aliphatic heterocycles. The maximum atomic E-state index is 5.94. The Labute approximate surface area is 135 Å². The molecule has 1 unspecified atom stereocenters. The molecule has 1 aromatic rings. The van der Waals surface area contributed by atoms with Crippen LogP contribution in [0.15, 0.2) is 26.8 Å². The lowest BCUT2D eigenvalue weighted by atomic mass is 10.1. The molecule has 1 saturated heterocycles. The number of halogens is 1. The number of fused-ring (bicyclic) bond motifs is 1. The molecule has 0 bridgehead atoms. The summed E-state index contributed by atoms with van der Waals surface area (Å²) in [6.07, 6.45) is 2.72. The second kappa shape index (κ2) is 6.91. The third-order valence-electron chi connectivity index (χ3n) is 3.27. The van der Waals surface area contributed by atoms with E-state index in [1.807, 2.05) is 0 Å². The zero-order valence-electron chi connectivity index (χ0n) is 11.5. The number of nitrogens with two attached hydrogens (primary N) is 1. The topological polar surface area (TPSA) is 66.1 Å². The molecule has 3 rings (SSSR count). The van der Waals surface area contributed by atoms with E-state index in [0.717, 1.165) is 27.3 Å². The molecule has 0 amide bonds. The van der Waals surface area contributed by atoms with Crippen LogP contribution >= 0.6 is 27.3 Å². The van der Waals surface area contributed by atoms with E-state index in [0.29, 0.717) is 32.3 Å². The predicted molar refractivity (Wildman–Crippen MR) is 85.9 cm³/mol. The van der Waals surface area contributed by atoms with Crippen molar-refractivity contribution in [2.45, 2.75) is 12.5 Å². The Morgan fingerprint density at radius 2 is 2.48 bits per heavy atom. The number of nitrogens with zero attached hydrogens (tertiary/aromatic N) is 1. The van der Waals surface area contributed by atoms with Crippen LogP contribution in [0.2, 0.25) is 0 Å². The molecule has 1 fully saturated rings. The Bertz CT molecular complexity index is 565. The average molecular weight is 373 g/mol. The normalized spacial score (nSPS) is 22.6. The van der Waals surface area contributed by atoms with Crippen molar-refractivity contribution in [2.24, 2.45) is 10.7 Å². The summed E-state index contributed by atoms with van der Waals surface area (Å²) < 4.78 is 17.5. The first-order valence-corrected chi connectivity index (χ1v) is 8.45. The van der Waals surface area contributed by atoms with Gasteiger partial charge in [0.15, 0.2) is 5.88 Å². The SMILES string of the molecule is NC(=CC1=NCCc2cc(Br)sc21)OCC1COCCO1. The van der Waals surface area contributed by atoms with Gasteiger partial charge in [-0.25, -0.2) is 0 Å². The van der Waals surface area contributed by atoms with E-state index >= 15 is 0 Å². The Balaban J connectivity index is 1.62. The molecule has 7 heteroatoms. The number of rotatable bonds is 4. The fourth-order valence-corrected chi connectivity index (χ4v) is 3.95. The highest BCUT2D eigenvalue weighted by Gasteiger charge is 2.18. The fourth-order valence-electron chi connectivity index (χ4n) is 2.28. The molecule has 21 heavy (non-hydrogen) atoms. The van der Waals surface area contributed by atoms with E-state index in [-0.39, 0.29) is 6.10 Å². The van der Waals surface area contributed by atoms with Crippen LogP contribution in [0.25, 0.3) is 0 Å². The third-order valence-corrected chi connectivity index (χ3v) is 4.98. The third kappa shape index (κ3) is 3.85. The summed E-state index contributed by atoms with van der Waals surface area (Å²) in [5.74, 6) is 0.361. The van der Waals surface area contributed by atoms with Crippen LogP contribution in [0, 0.1) is 0 Å². The monoisotopic (exact) mass is 372 g/mol. The van der Waals surface area contributed by atoms with Crippen LogP contribution in [0.4, 0.5) is 0 Å². The van der Waals surface area contributed by atoms with Crippen LogP contribution in [-0.2, 0) is 20.6 Å². The molecule has 0 aromatic carbocycles. The van der Waals surface area contributed by atoms with Gasteiger partial charge in [0.2, 0.25) is 0 Å². The number of hydrogen-bond donors (Lipinski definition) is 1. The van der Waals surface area contributed by atoms with Gasteiger partial charge in [-0.3, -0.25) is 4.99 Å². The van der Waals surface area contributed by atoms with Gasteiger partial charge in [0, 0.05) is 12.6 Å². The Morgan fingerprint density at radius 1 is 1.57 bits per heavy atom. The highest BCUT2D eigenvalue weighted by molar-refractivity contribution is 9.11. The Morgan fingerprint density at radius 3 is 3.29 bits per heavy atom. The molecule has 5 nitrogen and oxygen atoms in total. The van der Waals surface area contributed by atoms with Crippen LogP contribution in [0.3, 0.4) is 0 Å². The van der Waals surface area contributed by atoms with Crippen molar-refractivity contribution in [3.05, 3.63) is 32.3 Å². The summed E-state index contributed by atoms with van der Waals surface area (Å²) >= 11 is 5.19. The molecule has 0 saturated carbocycles. The van der Waals surface area contributed by atoms with Crippen LogP contribution in [-0.4, -0.2) is 44.8 Å². The van der Waals surface area contributed by atoms with E-state index in [2.05, 4.69) is 27.0 Å². The van der Waals surface area contributed by atoms with Crippen molar-refractivity contribution in [2.75, 3.05) is 33.0 Å². The summed E-state index contributed by atoms with van der Waals surface area (Å²) in [6, 6.07) is 2.15. The quantitative estimate of drug-likeness (QED) is 0.821. The van der Waals surface area contributed by atoms with Crippen LogP contribution < -0.4 is 5.73 Å². The first-order chi connectivity index (χ1) is 10.2. The van der Waals surface area contributed by atoms with E-state index in [9.17, 15) is 0 Å². The van der Waals surface area contributed by atoms with Gasteiger partial charge < -0.3 is 19.9 Å². The summed E-state index contributed by atoms with van der Waals surface area (Å²) in [7, 11) is 0. The van der Waals surface area contributed by atoms with Gasteiger partial charge in [0.05, 0.1) is 34.2 Å². The summed E-state index contributed by atoms with van der Waals surface area (Å²) in [5.41, 5.74) is 8.14. The lowest BCUT2D eigenvalue weighted by molar-refractivity contribution is -0.108. The largest absolute Gasteiger partial charge is 0.476 e. The molecular weight excluding hydrogens is 356 g/mol. The Kier molecular flexibility index (Phi) is 4.95. The lowest BCUT2D eigenvalue weighted by Gasteiger charge is -2.23. The minimum atomic E-state index is -0.0505. The highest BCUT2D eigenvalue weighted by atomic mass is 79.9. The van der Waals surface area contributed by atoms with Crippen molar-refractivity contribution in [1.29, 1.82) is 0 Å². The van der Waals surface area contributed by atoms with Crippen molar-refractivity contribution in [3.63, 3.8) is 0 Å². The molecule has 0 aliphatic carbocycles. The number of allylic oxidation sites excluding steroid dienone is 1. The molecule has 2 aliphatic rings. The zero-order chi connectivity index (χ0) is 14.7. The van der Waals surface area contributed by atoms with Gasteiger partial charge in [-0.15, -0.1) is 11.3 Å². The van der Waals surface area contributed by atoms with E-state index < -0.39 is 0 Å². The molecule has 2 N–H and O–H groups in total. The van der Waals surface area contributed by atoms with Gasteiger partial charge in [0.25, 0.3) is 0 Å². The number of thiophene rings is 1. The fraction of sp³-hybridized carbons (Fsp3) is 0.500. The van der Waals surface area contributed by atoms with Gasteiger partial charge in [0.1, 0.15) is 12.7 Å². The Hall–Kier alpha value is -0.890. The zero-order valence-corrected chi connectivity index (χ0v) is 13.9. The number of aliphatic imine (C=N–C) groups is 1. The van der Waals surface area contributed by atoms with Gasteiger partial charge >= 0.3 is 0 Å². The molecule has 1 atom stereocenters. The van der Waals surface area contributed by atoms with Gasteiger partial charge in [-0.2, -0.15) is 0 Å². The van der Waals surface area contributed by atoms with E-state index in [1.54, 1.807) is 17.4 Å². The first kappa shape index (κ1) is 15.0. The van der Waals surface area contributed by atoms with Crippen molar-refractivity contribution in [1.82, 2.24) is 0 Å². The average Bonchev–Trinajstić information content (AvgIpc) is 2.88. The molecular formula is C14H17BrN2O3S. The maximum absolute atomic E-state index is 5.94. The van der Waals surface area contributed by atoms with Crippen molar-refractivity contribution in [3.8, 4) is 0 Å². The van der Waals surface area contributed by atoms with Crippen molar-refractivity contribution >= 4 is 33.0 Å². The van der Waals surface area contributed by atoms with E-state index in [1.165, 1.54) is 5.56 Å². The second-order valence-corrected chi connectivity index (χ2v) is 7.28. The molecule has 1 aromatic heterocycles. The highest BCUT2D eigenvalue weighted by Crippen LogP contribution is 2.30. The standard InChI is InChI=1S/C14H17BrN2O3S/c15-12-5-9-1-2-17-11(14(9)21-12)6-13(16)20-8-10-7-18-3-4-19-10/h5-6,10H,1-4,7-8,16H2. The molecule has 114 valence electrons. The van der Waals surface area contributed by atoms with E-state index in [4.69, 9.17) is 19.9 Å². The molecule has 0 radical (unpaired) electrons. The first-order valence-electron chi connectivity index (χ1n) is 6.85. The minimum absolute atomic E-state index is 0.0505. The smallest absolute Gasteiger partial charge is 0.186 e. The van der Waals surface area contributed by atoms with Gasteiger partial charge in [-0.1, -0.05) is 0 Å². The van der Waals surface area contributed by atoms with Crippen molar-refractivity contribution < 1.29 is 14.2 Å². The van der Waals surface area contributed by atoms with Crippen LogP contribution in [0.5, 0.6) is 0 Å². The summed E-state index contributed by atoms with van der Waals surface area (Å²) in [6.45, 7) is 2.99. The molecule has 0 spiro atoms. The van der Waals surface area contributed by atoms with Crippen LogP contribution in [0.1, 0.15) is 10.4 Å². The number of hydrogen-bond acceptors (Lipinski definition) is 6. The lowest BCUT2D eigenvalue weighted by Crippen LogP contribution is -2.32. The maximum Gasteiger partial charge on any atom is 0.186 e. The second-order valence-electron chi connectivity index (χ2n) is 4.85. The number of ether oxygens (including phenoxy) is 3. The summed E-state index contributed by atoms with van der Waals surface area (Å²) in [5, 5.41) is 0. The summed E-state index contributed by atoms with van der Waals surface area (Å²) in [4.78, 5) is 5.70.